The summed E-state index contributed by atoms with van der Waals surface area (Å²) in [6.07, 6.45) is 2.45. The second-order valence-corrected chi connectivity index (χ2v) is 17.3. The average Bonchev–Trinajstić information content (AvgIpc) is 3.27. The zero-order chi connectivity index (χ0) is 44.8. The van der Waals surface area contributed by atoms with Crippen molar-refractivity contribution in [1.29, 1.82) is 0 Å². The van der Waals surface area contributed by atoms with E-state index in [0.717, 1.165) is 23.3 Å². The third-order valence-electron chi connectivity index (χ3n) is 10.1. The normalized spacial score (nSPS) is 15.8. The molecule has 0 aliphatic carbocycles. The summed E-state index contributed by atoms with van der Waals surface area (Å²) in [5.41, 5.74) is 3.97. The van der Waals surface area contributed by atoms with Gasteiger partial charge in [-0.3, -0.25) is 19.9 Å². The van der Waals surface area contributed by atoms with Crippen molar-refractivity contribution in [2.24, 2.45) is 20.0 Å². The standard InChI is InChI=1S/C42H44N12O8S2.2K/c1-27-7-3-5-9-33(27)45-39-47-37(49-41(51-39)53-17-21-61-22-18-53)43-31-15-13-29(35(25-31)63(55,56)57)11-12-30-14-16-32(26-36(30)64(58,59)60)44-38-48-40(46-34-10-6-4-8-28(34)2)52-42(50-38)54-19-23-62-24-20-54;;/h3-16,25-26H,17-24H2,1-2H3,(H,55,56,57)(H,58,59,60)(H2,43,45,47,49,51)(H2,44,46,48,50,52);;/q;2*+1/p-2/b12-11+;;. The summed E-state index contributed by atoms with van der Waals surface area (Å²) in [4.78, 5) is 42.7. The van der Waals surface area contributed by atoms with E-state index in [0.29, 0.717) is 87.1 Å². The van der Waals surface area contributed by atoms with Crippen molar-refractivity contribution in [1.82, 2.24) is 29.9 Å². The maximum absolute atomic E-state index is 12.7. The Labute approximate surface area is 464 Å². The van der Waals surface area contributed by atoms with Crippen LogP contribution in [0.15, 0.2) is 115 Å². The fourth-order valence-corrected chi connectivity index (χ4v) is 8.18. The Morgan fingerprint density at radius 2 is 0.939 bits per heavy atom. The van der Waals surface area contributed by atoms with Crippen molar-refractivity contribution < 1.29 is 138 Å². The number of morpholine rings is 2. The second kappa shape index (κ2) is 23.2. The van der Waals surface area contributed by atoms with Gasteiger partial charge >= 0.3 is 103 Å². The molecule has 66 heavy (non-hydrogen) atoms. The van der Waals surface area contributed by atoms with Crippen molar-refractivity contribution in [3.63, 3.8) is 0 Å². The van der Waals surface area contributed by atoms with Crippen LogP contribution in [0.2, 0.25) is 0 Å². The maximum Gasteiger partial charge on any atom is 1.00 e. The number of ether oxygens (including phenoxy) is 2. The number of hydrogen-bond acceptors (Lipinski definition) is 16. The summed E-state index contributed by atoms with van der Waals surface area (Å²) in [5.74, 6) is 0.889. The molecule has 0 spiro atoms. The molecule has 0 amide bonds. The fourth-order valence-electron chi connectivity index (χ4n) is 6.80. The molecule has 2 aromatic heterocycles. The summed E-state index contributed by atoms with van der Waals surface area (Å²) in [5, 5.41) is 0. The Bertz CT molecular complexity index is 3050. The minimum absolute atomic E-state index is 0. The van der Waals surface area contributed by atoms with Crippen LogP contribution in [0.1, 0.15) is 22.3 Å². The van der Waals surface area contributed by atoms with E-state index in [1.807, 2.05) is 72.2 Å². The van der Waals surface area contributed by atoms with Crippen LogP contribution in [0.4, 0.5) is 34.6 Å². The van der Waals surface area contributed by atoms with Crippen LogP contribution in [0.5, 0.6) is 0 Å². The number of H-pyrrole nitrogens is 4. The Hall–Kier alpha value is -3.55. The van der Waals surface area contributed by atoms with Crippen molar-refractivity contribution in [2.75, 3.05) is 62.4 Å². The van der Waals surface area contributed by atoms with E-state index < -0.39 is 30.0 Å². The molecule has 0 unspecified atom stereocenters. The molecule has 0 atom stereocenters. The largest absolute Gasteiger partial charge is 1.00 e. The van der Waals surface area contributed by atoms with Crippen LogP contribution in [-0.2, 0) is 29.7 Å². The third kappa shape index (κ3) is 13.6. The molecule has 6 aromatic rings. The van der Waals surface area contributed by atoms with Crippen molar-refractivity contribution >= 4 is 67.0 Å². The molecule has 2 aliphatic rings. The minimum Gasteiger partial charge on any atom is -0.744 e. The zero-order valence-electron chi connectivity index (χ0n) is 36.6. The van der Waals surface area contributed by atoms with Gasteiger partial charge < -0.3 is 28.4 Å². The molecular weight excluding hydrogens is 943 g/mol. The Balaban J connectivity index is 0.00000360. The van der Waals surface area contributed by atoms with E-state index in [9.17, 15) is 25.9 Å². The minimum atomic E-state index is -5.11. The maximum atomic E-state index is 12.7. The summed E-state index contributed by atoms with van der Waals surface area (Å²) >= 11 is 0. The van der Waals surface area contributed by atoms with Gasteiger partial charge in [-0.15, -0.1) is 0 Å². The zero-order valence-corrected chi connectivity index (χ0v) is 44.4. The van der Waals surface area contributed by atoms with Gasteiger partial charge in [-0.05, 0) is 72.5 Å². The van der Waals surface area contributed by atoms with Gasteiger partial charge in [0.15, 0.2) is 0 Å². The SMILES string of the molecule is Cc1ccccc1N=c1[nH]c(N2CCOCC2)nc(=Nc2ccc(/C=C/c3ccc(N=c4nc(N5CCOCC5)[nH]c(=Nc5ccccc5C)[nH]4)cc3S(=O)(=O)[O-])c(S(=O)(=O)[O-])c2)[nH]1.[K+].[K+]. The molecular formula is C42H42K2N12O8S2. The van der Waals surface area contributed by atoms with Gasteiger partial charge in [0.2, 0.25) is 34.4 Å². The van der Waals surface area contributed by atoms with Crippen LogP contribution in [0.3, 0.4) is 0 Å². The van der Waals surface area contributed by atoms with Crippen LogP contribution >= 0.6 is 0 Å². The predicted molar refractivity (Wildman–Crippen MR) is 233 cm³/mol. The quantitative estimate of drug-likeness (QED) is 0.0608. The topological polar surface area (TPSA) is 278 Å². The number of anilines is 2. The van der Waals surface area contributed by atoms with Gasteiger partial charge in [-0.25, -0.2) is 36.8 Å². The number of nitrogens with zero attached hydrogens (tertiary/aromatic N) is 8. The van der Waals surface area contributed by atoms with Crippen LogP contribution in [0.25, 0.3) is 12.2 Å². The average molecular weight is 985 g/mol. The molecule has 2 aliphatic heterocycles. The smallest absolute Gasteiger partial charge is 0.744 e. The van der Waals surface area contributed by atoms with E-state index in [2.05, 4.69) is 39.9 Å². The van der Waals surface area contributed by atoms with Crippen molar-refractivity contribution in [3.05, 3.63) is 130 Å². The number of hydrogen-bond donors (Lipinski definition) is 4. The van der Waals surface area contributed by atoms with Crippen LogP contribution in [0, 0.1) is 13.8 Å². The number of rotatable bonds is 10. The van der Waals surface area contributed by atoms with E-state index in [1.54, 1.807) is 0 Å². The number of aryl methyl sites for hydroxylation is 2. The molecule has 0 radical (unpaired) electrons. The van der Waals surface area contributed by atoms with Gasteiger partial charge in [0.1, 0.15) is 20.2 Å². The molecule has 20 nitrogen and oxygen atoms in total. The first-order chi connectivity index (χ1) is 30.7. The Morgan fingerprint density at radius 3 is 1.30 bits per heavy atom. The van der Waals surface area contributed by atoms with E-state index >= 15 is 0 Å². The number of aromatic amines is 4. The van der Waals surface area contributed by atoms with Crippen molar-refractivity contribution in [3.8, 4) is 0 Å². The van der Waals surface area contributed by atoms with Gasteiger partial charge in [-0.1, -0.05) is 60.7 Å². The molecule has 0 saturated carbocycles. The number of nitrogens with one attached hydrogen (secondary N) is 4. The van der Waals surface area contributed by atoms with Gasteiger partial charge in [0, 0.05) is 26.2 Å². The first-order valence-electron chi connectivity index (χ1n) is 20.0. The monoisotopic (exact) mass is 984 g/mol. The van der Waals surface area contributed by atoms with Gasteiger partial charge in [0.25, 0.3) is 0 Å². The van der Waals surface area contributed by atoms with Crippen molar-refractivity contribution in [2.45, 2.75) is 23.6 Å². The molecule has 4 heterocycles. The summed E-state index contributed by atoms with van der Waals surface area (Å²) in [6.45, 7) is 7.98. The first kappa shape index (κ1) is 51.8. The fraction of sp³-hybridized carbons (Fsp3) is 0.238. The Morgan fingerprint density at radius 1 is 0.561 bits per heavy atom. The summed E-state index contributed by atoms with van der Waals surface area (Å²) < 4.78 is 86.9. The number of benzene rings is 4. The van der Waals surface area contributed by atoms with Crippen LogP contribution in [-0.4, -0.2) is 108 Å². The van der Waals surface area contributed by atoms with Gasteiger partial charge in [-0.2, -0.15) is 9.97 Å². The van der Waals surface area contributed by atoms with Crippen LogP contribution < -0.4 is 135 Å². The number of para-hydroxylation sites is 2. The molecule has 4 N–H and O–H groups in total. The Kier molecular flexibility index (Phi) is 18.2. The molecule has 332 valence electrons. The van der Waals surface area contributed by atoms with E-state index in [1.165, 1.54) is 36.4 Å². The summed E-state index contributed by atoms with van der Waals surface area (Å²) in [7, 11) is -10.2. The van der Waals surface area contributed by atoms with E-state index in [4.69, 9.17) is 19.5 Å². The molecule has 8 rings (SSSR count). The molecule has 0 bridgehead atoms. The third-order valence-corrected chi connectivity index (χ3v) is 11.9. The predicted octanol–water partition coefficient (Wildman–Crippen LogP) is -3.00. The summed E-state index contributed by atoms with van der Waals surface area (Å²) in [6, 6.07) is 22.8. The molecule has 2 fully saturated rings. The van der Waals surface area contributed by atoms with E-state index in [-0.39, 0.29) is 137 Å². The molecule has 24 heteroatoms. The molecule has 4 aromatic carbocycles. The first-order valence-corrected chi connectivity index (χ1v) is 22.8. The number of aromatic nitrogens is 6. The second-order valence-electron chi connectivity index (χ2n) is 14.6. The molecule has 2 saturated heterocycles. The van der Waals surface area contributed by atoms with Gasteiger partial charge in [0.05, 0.1) is 59.0 Å².